The lowest BCUT2D eigenvalue weighted by molar-refractivity contribution is -0.156. The summed E-state index contributed by atoms with van der Waals surface area (Å²) < 4.78 is 16.6. The number of nitrogens with zero attached hydrogens (tertiary/aromatic N) is 3. The molecular formula is C36H51N7O8. The zero-order valence-corrected chi connectivity index (χ0v) is 30.3. The van der Waals surface area contributed by atoms with Crippen LogP contribution < -0.4 is 26.0 Å². The van der Waals surface area contributed by atoms with Crippen molar-refractivity contribution >= 4 is 29.6 Å². The van der Waals surface area contributed by atoms with E-state index in [0.29, 0.717) is 24.3 Å². The van der Waals surface area contributed by atoms with E-state index in [9.17, 15) is 24.0 Å². The van der Waals surface area contributed by atoms with Gasteiger partial charge in [0.2, 0.25) is 23.6 Å². The van der Waals surface area contributed by atoms with Gasteiger partial charge in [-0.05, 0) is 61.9 Å². The molecule has 0 aliphatic heterocycles. The molecule has 4 amide bonds. The van der Waals surface area contributed by atoms with Crippen LogP contribution in [0.25, 0.3) is 10.4 Å². The molecule has 0 heterocycles. The summed E-state index contributed by atoms with van der Waals surface area (Å²) >= 11 is 0. The largest absolute Gasteiger partial charge is 0.489 e. The van der Waals surface area contributed by atoms with E-state index in [4.69, 9.17) is 19.7 Å². The van der Waals surface area contributed by atoms with Crippen LogP contribution in [0.5, 0.6) is 5.75 Å². The molecule has 0 saturated carbocycles. The van der Waals surface area contributed by atoms with Gasteiger partial charge in [0, 0.05) is 31.3 Å². The number of rotatable bonds is 21. The Kier molecular flexibility index (Phi) is 18.0. The van der Waals surface area contributed by atoms with Gasteiger partial charge in [-0.1, -0.05) is 61.4 Å². The van der Waals surface area contributed by atoms with Gasteiger partial charge in [-0.15, -0.1) is 0 Å². The highest BCUT2D eigenvalue weighted by Crippen LogP contribution is 2.16. The van der Waals surface area contributed by atoms with Crippen LogP contribution in [0, 0.1) is 5.92 Å². The van der Waals surface area contributed by atoms with E-state index < -0.39 is 59.7 Å². The molecule has 2 rings (SSSR count). The summed E-state index contributed by atoms with van der Waals surface area (Å²) in [6.45, 7) is 10.9. The van der Waals surface area contributed by atoms with Gasteiger partial charge in [-0.2, -0.15) is 0 Å². The Labute approximate surface area is 299 Å². The summed E-state index contributed by atoms with van der Waals surface area (Å²) in [4.78, 5) is 68.0. The van der Waals surface area contributed by atoms with Gasteiger partial charge in [0.15, 0.2) is 0 Å². The minimum atomic E-state index is -1.36. The lowest BCUT2D eigenvalue weighted by Crippen LogP contribution is -2.58. The molecule has 0 aromatic heterocycles. The average molecular weight is 710 g/mol. The number of hydrogen-bond acceptors (Lipinski definition) is 9. The van der Waals surface area contributed by atoms with Gasteiger partial charge in [0.25, 0.3) is 0 Å². The highest BCUT2D eigenvalue weighted by atomic mass is 16.6. The van der Waals surface area contributed by atoms with Crippen LogP contribution in [-0.2, 0) is 46.5 Å². The van der Waals surface area contributed by atoms with Crippen molar-refractivity contribution in [1.82, 2.24) is 21.3 Å². The van der Waals surface area contributed by atoms with Crippen LogP contribution >= 0.6 is 0 Å². The number of hydrogen-bond donors (Lipinski definition) is 4. The molecule has 0 saturated heterocycles. The van der Waals surface area contributed by atoms with E-state index in [1.165, 1.54) is 6.92 Å². The third-order valence-corrected chi connectivity index (χ3v) is 7.01. The van der Waals surface area contributed by atoms with Crippen molar-refractivity contribution in [3.63, 3.8) is 0 Å². The Morgan fingerprint density at radius 1 is 0.824 bits per heavy atom. The number of azide groups is 1. The van der Waals surface area contributed by atoms with E-state index in [1.54, 1.807) is 45.0 Å². The minimum Gasteiger partial charge on any atom is -0.489 e. The average Bonchev–Trinajstić information content (AvgIpc) is 3.05. The molecule has 0 aliphatic rings. The number of esters is 1. The lowest BCUT2D eigenvalue weighted by Gasteiger charge is -2.26. The molecule has 278 valence electrons. The predicted octanol–water partition coefficient (Wildman–Crippen LogP) is 3.50. The third-order valence-electron chi connectivity index (χ3n) is 7.01. The van der Waals surface area contributed by atoms with E-state index in [1.807, 2.05) is 44.2 Å². The summed E-state index contributed by atoms with van der Waals surface area (Å²) in [7, 11) is 0. The Morgan fingerprint density at radius 3 is 2.08 bits per heavy atom. The first-order chi connectivity index (χ1) is 24.2. The van der Waals surface area contributed by atoms with Crippen LogP contribution in [0.15, 0.2) is 59.7 Å². The molecular weight excluding hydrogens is 658 g/mol. The number of carbonyl (C=O) groups excluding carboxylic acids is 5. The molecule has 0 bridgehead atoms. The Morgan fingerprint density at radius 2 is 1.47 bits per heavy atom. The maximum Gasteiger partial charge on any atom is 0.308 e. The molecule has 0 radical (unpaired) electrons. The second-order valence-electron chi connectivity index (χ2n) is 13.3. The van der Waals surface area contributed by atoms with Gasteiger partial charge < -0.3 is 35.5 Å². The highest BCUT2D eigenvalue weighted by molar-refractivity contribution is 5.95. The van der Waals surface area contributed by atoms with Crippen molar-refractivity contribution < 1.29 is 38.2 Å². The quantitative estimate of drug-likeness (QED) is 0.0494. The smallest absolute Gasteiger partial charge is 0.308 e. The fourth-order valence-electron chi connectivity index (χ4n) is 4.78. The summed E-state index contributed by atoms with van der Waals surface area (Å²) in [5, 5.41) is 14.0. The SMILES string of the molecule is CC(=O)N[C@H](CC(C)C)C(=O)N[C@@H](Cc1ccc(OCc2ccccc2)cc1)C(=O)N[C@@H](CC(=O)OC(C)(C)C)C(=O)NCCOCCN=[N+]=[N-]. The molecule has 4 N–H and O–H groups in total. The van der Waals surface area contributed by atoms with Crippen molar-refractivity contribution in [3.8, 4) is 5.75 Å². The van der Waals surface area contributed by atoms with Crippen LogP contribution in [0.4, 0.5) is 0 Å². The molecule has 15 heteroatoms. The number of benzene rings is 2. The molecule has 51 heavy (non-hydrogen) atoms. The fourth-order valence-corrected chi connectivity index (χ4v) is 4.78. The molecule has 0 aliphatic carbocycles. The topological polar surface area (TPSA) is 210 Å². The predicted molar refractivity (Wildman–Crippen MR) is 190 cm³/mol. The van der Waals surface area contributed by atoms with Gasteiger partial charge in [0.05, 0.1) is 19.6 Å². The Hall–Kier alpha value is -5.14. The first kappa shape index (κ1) is 42.0. The third kappa shape index (κ3) is 17.9. The van der Waals surface area contributed by atoms with Crippen LogP contribution in [0.2, 0.25) is 0 Å². The second-order valence-corrected chi connectivity index (χ2v) is 13.3. The highest BCUT2D eigenvalue weighted by Gasteiger charge is 2.32. The number of ether oxygens (including phenoxy) is 3. The van der Waals surface area contributed by atoms with Gasteiger partial charge in [-0.25, -0.2) is 0 Å². The summed E-state index contributed by atoms with van der Waals surface area (Å²) in [6, 6.07) is 13.2. The van der Waals surface area contributed by atoms with E-state index in [2.05, 4.69) is 31.3 Å². The normalized spacial score (nSPS) is 12.8. The van der Waals surface area contributed by atoms with E-state index >= 15 is 0 Å². The molecule has 0 spiro atoms. The zero-order chi connectivity index (χ0) is 37.8. The first-order valence-corrected chi connectivity index (χ1v) is 16.9. The molecule has 0 fully saturated rings. The Bertz CT molecular complexity index is 1470. The maximum atomic E-state index is 13.9. The molecule has 2 aromatic rings. The zero-order valence-electron chi connectivity index (χ0n) is 30.3. The van der Waals surface area contributed by atoms with Crippen LogP contribution in [0.1, 0.15) is 65.5 Å². The lowest BCUT2D eigenvalue weighted by atomic mass is 10.0. The molecule has 0 unspecified atom stereocenters. The van der Waals surface area contributed by atoms with E-state index in [-0.39, 0.29) is 38.6 Å². The standard InChI is InChI=1S/C36H51N7O8/c1-24(2)20-29(40-25(3)44)34(47)41-30(21-26-12-14-28(15-13-26)50-23-27-10-8-7-9-11-27)35(48)42-31(22-32(45)51-36(4,5)6)33(46)38-16-18-49-19-17-39-43-37/h7-15,24,29-31H,16-23H2,1-6H3,(H,38,46)(H,40,44)(H,41,47)(H,42,48)/t29-,30+,31+/m1/s1. The van der Waals surface area contributed by atoms with Gasteiger partial charge in [0.1, 0.15) is 36.1 Å². The van der Waals surface area contributed by atoms with Crippen molar-refractivity contribution in [2.45, 2.75) is 91.1 Å². The summed E-state index contributed by atoms with van der Waals surface area (Å²) in [5.74, 6) is -2.45. The fraction of sp³-hybridized carbons (Fsp3) is 0.528. The van der Waals surface area contributed by atoms with Crippen LogP contribution in [-0.4, -0.2) is 79.6 Å². The van der Waals surface area contributed by atoms with E-state index in [0.717, 1.165) is 5.56 Å². The first-order valence-electron chi connectivity index (χ1n) is 16.9. The number of amides is 4. The number of nitrogens with one attached hydrogen (secondary N) is 4. The number of carbonyl (C=O) groups is 5. The molecule has 15 nitrogen and oxygen atoms in total. The van der Waals surface area contributed by atoms with Crippen molar-refractivity contribution in [2.75, 3.05) is 26.3 Å². The Balaban J connectivity index is 2.28. The minimum absolute atomic E-state index is 0.0187. The van der Waals surface area contributed by atoms with Crippen molar-refractivity contribution in [3.05, 3.63) is 76.2 Å². The van der Waals surface area contributed by atoms with Crippen molar-refractivity contribution in [1.29, 1.82) is 0 Å². The van der Waals surface area contributed by atoms with Crippen LogP contribution in [0.3, 0.4) is 0 Å². The maximum absolute atomic E-state index is 13.9. The molecule has 2 aromatic carbocycles. The second kappa shape index (κ2) is 21.8. The summed E-state index contributed by atoms with van der Waals surface area (Å²) in [5.41, 5.74) is 9.21. The summed E-state index contributed by atoms with van der Waals surface area (Å²) in [6.07, 6.45) is -0.144. The monoisotopic (exact) mass is 709 g/mol. The van der Waals surface area contributed by atoms with Crippen molar-refractivity contribution in [2.24, 2.45) is 11.0 Å². The van der Waals surface area contributed by atoms with Gasteiger partial charge >= 0.3 is 5.97 Å². The molecule has 3 atom stereocenters. The van der Waals surface area contributed by atoms with Gasteiger partial charge in [-0.3, -0.25) is 24.0 Å².